The van der Waals surface area contributed by atoms with Crippen LogP contribution < -0.4 is 5.73 Å². The SMILES string of the molecule is C\C=C/C=C(\C=C/C)CN(C)C(/C=C\CC)=C(\N)CC. The van der Waals surface area contributed by atoms with E-state index in [1.807, 2.05) is 19.9 Å². The molecule has 0 aliphatic heterocycles. The molecule has 0 aliphatic rings. The minimum atomic E-state index is 0.846. The van der Waals surface area contributed by atoms with Crippen molar-refractivity contribution in [2.24, 2.45) is 5.73 Å². The van der Waals surface area contributed by atoms with Crippen LogP contribution >= 0.6 is 0 Å². The van der Waals surface area contributed by atoms with Gasteiger partial charge in [-0.05, 0) is 38.3 Å². The van der Waals surface area contributed by atoms with E-state index in [4.69, 9.17) is 5.73 Å². The van der Waals surface area contributed by atoms with Crippen LogP contribution in [0.5, 0.6) is 0 Å². The van der Waals surface area contributed by atoms with Gasteiger partial charge < -0.3 is 10.6 Å². The number of allylic oxidation sites excluding steroid dienone is 7. The molecule has 0 spiro atoms. The standard InChI is InChI=1S/C18H30N2/c1-6-10-13-16(12-8-3)15-20(5)18(14-11-7-2)17(19)9-4/h6,8,10-14H,7,9,15,19H2,1-5H3/b10-6-,12-8-,14-11-,16-13+,18-17-. The molecule has 2 nitrogen and oxygen atoms in total. The van der Waals surface area contributed by atoms with Crippen LogP contribution in [0.3, 0.4) is 0 Å². The van der Waals surface area contributed by atoms with Crippen molar-refractivity contribution in [1.29, 1.82) is 0 Å². The highest BCUT2D eigenvalue weighted by molar-refractivity contribution is 5.29. The fourth-order valence-electron chi connectivity index (χ4n) is 1.84. The van der Waals surface area contributed by atoms with Crippen LogP contribution in [0.25, 0.3) is 0 Å². The second-order valence-corrected chi connectivity index (χ2v) is 4.70. The van der Waals surface area contributed by atoms with Crippen molar-refractivity contribution in [3.05, 3.63) is 59.5 Å². The topological polar surface area (TPSA) is 29.3 Å². The molecule has 0 radical (unpaired) electrons. The Morgan fingerprint density at radius 2 is 1.80 bits per heavy atom. The molecule has 112 valence electrons. The molecular weight excluding hydrogens is 244 g/mol. The fraction of sp³-hybridized carbons (Fsp3) is 0.444. The largest absolute Gasteiger partial charge is 0.400 e. The molecule has 0 unspecified atom stereocenters. The predicted molar refractivity (Wildman–Crippen MR) is 91.3 cm³/mol. The molecule has 2 N–H and O–H groups in total. The van der Waals surface area contributed by atoms with Gasteiger partial charge in [-0.3, -0.25) is 0 Å². The van der Waals surface area contributed by atoms with E-state index in [9.17, 15) is 0 Å². The van der Waals surface area contributed by atoms with Crippen LogP contribution in [-0.4, -0.2) is 18.5 Å². The Morgan fingerprint density at radius 1 is 1.10 bits per heavy atom. The monoisotopic (exact) mass is 274 g/mol. The molecule has 0 heterocycles. The van der Waals surface area contributed by atoms with Crippen molar-refractivity contribution in [3.63, 3.8) is 0 Å². The van der Waals surface area contributed by atoms with E-state index < -0.39 is 0 Å². The van der Waals surface area contributed by atoms with Gasteiger partial charge in [-0.2, -0.15) is 0 Å². The minimum Gasteiger partial charge on any atom is -0.400 e. The van der Waals surface area contributed by atoms with Crippen molar-refractivity contribution < 1.29 is 0 Å². The molecule has 0 saturated heterocycles. The number of nitrogens with zero attached hydrogens (tertiary/aromatic N) is 1. The van der Waals surface area contributed by atoms with Crippen LogP contribution in [0.15, 0.2) is 59.5 Å². The van der Waals surface area contributed by atoms with E-state index in [1.165, 1.54) is 5.57 Å². The average molecular weight is 274 g/mol. The molecular formula is C18H30N2. The summed E-state index contributed by atoms with van der Waals surface area (Å²) < 4.78 is 0. The van der Waals surface area contributed by atoms with Gasteiger partial charge in [-0.1, -0.05) is 50.3 Å². The molecule has 0 fully saturated rings. The Balaban J connectivity index is 5.17. The maximum atomic E-state index is 6.14. The van der Waals surface area contributed by atoms with Gasteiger partial charge >= 0.3 is 0 Å². The number of likely N-dealkylation sites (N-methyl/N-ethyl adjacent to an activating group) is 1. The van der Waals surface area contributed by atoms with E-state index in [1.54, 1.807) is 0 Å². The van der Waals surface area contributed by atoms with Gasteiger partial charge in [0.1, 0.15) is 0 Å². The van der Waals surface area contributed by atoms with Gasteiger partial charge in [-0.15, -0.1) is 0 Å². The summed E-state index contributed by atoms with van der Waals surface area (Å²) >= 11 is 0. The second-order valence-electron chi connectivity index (χ2n) is 4.70. The molecule has 0 aromatic heterocycles. The van der Waals surface area contributed by atoms with E-state index in [-0.39, 0.29) is 0 Å². The Labute approximate surface area is 125 Å². The molecule has 20 heavy (non-hydrogen) atoms. The van der Waals surface area contributed by atoms with Gasteiger partial charge in [0.25, 0.3) is 0 Å². The zero-order valence-corrected chi connectivity index (χ0v) is 13.7. The molecule has 0 aromatic carbocycles. The predicted octanol–water partition coefficient (Wildman–Crippen LogP) is 4.54. The summed E-state index contributed by atoms with van der Waals surface area (Å²) in [5, 5.41) is 0. The lowest BCUT2D eigenvalue weighted by molar-refractivity contribution is 0.463. The zero-order valence-electron chi connectivity index (χ0n) is 13.7. The van der Waals surface area contributed by atoms with Gasteiger partial charge in [0.05, 0.1) is 5.70 Å². The third kappa shape index (κ3) is 7.03. The Bertz CT molecular complexity index is 409. The van der Waals surface area contributed by atoms with Crippen molar-refractivity contribution in [3.8, 4) is 0 Å². The molecule has 0 aliphatic carbocycles. The molecule has 2 heteroatoms. The number of hydrogen-bond donors (Lipinski definition) is 1. The molecule has 0 saturated carbocycles. The van der Waals surface area contributed by atoms with E-state index in [2.05, 4.69) is 62.3 Å². The summed E-state index contributed by atoms with van der Waals surface area (Å²) in [7, 11) is 2.09. The first-order valence-electron chi connectivity index (χ1n) is 7.41. The van der Waals surface area contributed by atoms with Crippen LogP contribution in [-0.2, 0) is 0 Å². The summed E-state index contributed by atoms with van der Waals surface area (Å²) in [4.78, 5) is 2.21. The van der Waals surface area contributed by atoms with Crippen molar-refractivity contribution in [2.45, 2.75) is 40.5 Å². The average Bonchev–Trinajstić information content (AvgIpc) is 2.44. The highest BCUT2D eigenvalue weighted by Gasteiger charge is 2.06. The van der Waals surface area contributed by atoms with Crippen LogP contribution in [0.4, 0.5) is 0 Å². The lowest BCUT2D eigenvalue weighted by Gasteiger charge is -2.23. The highest BCUT2D eigenvalue weighted by Crippen LogP contribution is 2.13. The van der Waals surface area contributed by atoms with Gasteiger partial charge in [0, 0.05) is 19.3 Å². The lowest BCUT2D eigenvalue weighted by Crippen LogP contribution is -2.22. The molecule has 0 rings (SSSR count). The Hall–Kier alpha value is -1.70. The minimum absolute atomic E-state index is 0.846. The van der Waals surface area contributed by atoms with Gasteiger partial charge in [0.15, 0.2) is 0 Å². The number of nitrogens with two attached hydrogens (primary N) is 1. The first-order valence-corrected chi connectivity index (χ1v) is 7.41. The molecule has 0 bridgehead atoms. The van der Waals surface area contributed by atoms with Crippen molar-refractivity contribution in [1.82, 2.24) is 4.90 Å². The Kier molecular flexibility index (Phi) is 10.2. The normalized spacial score (nSPS) is 14.6. The summed E-state index contributed by atoms with van der Waals surface area (Å²) in [6, 6.07) is 0. The van der Waals surface area contributed by atoms with Crippen LogP contribution in [0.2, 0.25) is 0 Å². The highest BCUT2D eigenvalue weighted by atomic mass is 15.1. The fourth-order valence-corrected chi connectivity index (χ4v) is 1.84. The van der Waals surface area contributed by atoms with Crippen LogP contribution in [0, 0.1) is 0 Å². The quantitative estimate of drug-likeness (QED) is 0.658. The van der Waals surface area contributed by atoms with Gasteiger partial charge in [0.2, 0.25) is 0 Å². The third-order valence-electron chi connectivity index (χ3n) is 2.94. The smallest absolute Gasteiger partial charge is 0.0554 e. The number of rotatable bonds is 8. The maximum Gasteiger partial charge on any atom is 0.0554 e. The molecule has 0 amide bonds. The van der Waals surface area contributed by atoms with Gasteiger partial charge in [-0.25, -0.2) is 0 Å². The second kappa shape index (κ2) is 11.2. The molecule has 0 aromatic rings. The van der Waals surface area contributed by atoms with Crippen molar-refractivity contribution >= 4 is 0 Å². The molecule has 0 atom stereocenters. The Morgan fingerprint density at radius 3 is 2.30 bits per heavy atom. The first kappa shape index (κ1) is 18.3. The van der Waals surface area contributed by atoms with Crippen LogP contribution in [0.1, 0.15) is 40.5 Å². The summed E-state index contributed by atoms with van der Waals surface area (Å²) in [6.07, 6.45) is 16.6. The lowest BCUT2D eigenvalue weighted by atomic mass is 10.1. The number of hydrogen-bond acceptors (Lipinski definition) is 2. The van der Waals surface area contributed by atoms with E-state index in [0.29, 0.717) is 0 Å². The summed E-state index contributed by atoms with van der Waals surface area (Å²) in [5.74, 6) is 0. The maximum absolute atomic E-state index is 6.14. The summed E-state index contributed by atoms with van der Waals surface area (Å²) in [6.45, 7) is 9.13. The van der Waals surface area contributed by atoms with Crippen molar-refractivity contribution in [2.75, 3.05) is 13.6 Å². The summed E-state index contributed by atoms with van der Waals surface area (Å²) in [5.41, 5.74) is 9.46. The zero-order chi connectivity index (χ0) is 15.4. The first-order chi connectivity index (χ1) is 9.60. The van der Waals surface area contributed by atoms with E-state index >= 15 is 0 Å². The van der Waals surface area contributed by atoms with E-state index in [0.717, 1.165) is 30.8 Å². The third-order valence-corrected chi connectivity index (χ3v) is 2.94.